The lowest BCUT2D eigenvalue weighted by molar-refractivity contribution is 0.0594. The van der Waals surface area contributed by atoms with Gasteiger partial charge in [-0.3, -0.25) is 0 Å². The normalized spacial score (nSPS) is 27.6. The lowest BCUT2D eigenvalue weighted by Gasteiger charge is -2.21. The summed E-state index contributed by atoms with van der Waals surface area (Å²) < 4.78 is 37.8. The highest BCUT2D eigenvalue weighted by molar-refractivity contribution is 5.90. The number of methoxy groups -OCH3 is 1. The molecule has 2 aliphatic rings. The quantitative estimate of drug-likeness (QED) is 0.866. The zero-order valence-electron chi connectivity index (χ0n) is 11.0. The second kappa shape index (κ2) is 5.01. The SMILES string of the molecule is COC(=O)c1ccc(NC2CC3CCC2O3)c(F)c1F. The number of halogens is 2. The number of benzene rings is 1. The summed E-state index contributed by atoms with van der Waals surface area (Å²) >= 11 is 0. The van der Waals surface area contributed by atoms with E-state index in [1.165, 1.54) is 12.1 Å². The number of anilines is 1. The molecule has 0 radical (unpaired) electrons. The molecule has 0 spiro atoms. The number of hydrogen-bond acceptors (Lipinski definition) is 4. The minimum absolute atomic E-state index is 0.00775. The molecule has 0 aromatic heterocycles. The Hall–Kier alpha value is -1.69. The zero-order chi connectivity index (χ0) is 14.3. The standard InChI is InChI=1S/C14H15F2NO3/c1-19-14(18)8-3-4-9(13(16)12(8)15)17-10-6-7-2-5-11(10)20-7/h3-4,7,10-11,17H,2,5-6H2,1H3. The molecule has 2 heterocycles. The number of rotatable bonds is 3. The average molecular weight is 283 g/mol. The third-order valence-corrected chi connectivity index (χ3v) is 3.93. The number of ether oxygens (including phenoxy) is 2. The van der Waals surface area contributed by atoms with Crippen molar-refractivity contribution in [1.29, 1.82) is 0 Å². The second-order valence-corrected chi connectivity index (χ2v) is 5.14. The van der Waals surface area contributed by atoms with Crippen LogP contribution in [0.2, 0.25) is 0 Å². The molecule has 0 aliphatic carbocycles. The molecular weight excluding hydrogens is 268 g/mol. The number of nitrogens with one attached hydrogen (secondary N) is 1. The molecule has 3 unspecified atom stereocenters. The van der Waals surface area contributed by atoms with E-state index >= 15 is 0 Å². The van der Waals surface area contributed by atoms with Gasteiger partial charge in [0.15, 0.2) is 11.6 Å². The van der Waals surface area contributed by atoms with Gasteiger partial charge < -0.3 is 14.8 Å². The smallest absolute Gasteiger partial charge is 0.340 e. The minimum Gasteiger partial charge on any atom is -0.465 e. The fourth-order valence-corrected chi connectivity index (χ4v) is 2.92. The lowest BCUT2D eigenvalue weighted by atomic mass is 9.95. The summed E-state index contributed by atoms with van der Waals surface area (Å²) in [5, 5.41) is 2.97. The zero-order valence-corrected chi connectivity index (χ0v) is 11.0. The molecule has 3 rings (SSSR count). The predicted molar refractivity (Wildman–Crippen MR) is 67.6 cm³/mol. The van der Waals surface area contributed by atoms with Gasteiger partial charge in [0.1, 0.15) is 0 Å². The molecule has 2 fully saturated rings. The molecule has 0 saturated carbocycles. The summed E-state index contributed by atoms with van der Waals surface area (Å²) in [5.74, 6) is -3.14. The molecule has 2 aliphatic heterocycles. The van der Waals surface area contributed by atoms with E-state index in [1.807, 2.05) is 0 Å². The first-order chi connectivity index (χ1) is 9.60. The van der Waals surface area contributed by atoms with Gasteiger partial charge in [0.2, 0.25) is 0 Å². The van der Waals surface area contributed by atoms with Crippen molar-refractivity contribution < 1.29 is 23.0 Å². The fraction of sp³-hybridized carbons (Fsp3) is 0.500. The van der Waals surface area contributed by atoms with E-state index in [1.54, 1.807) is 0 Å². The Labute approximate surface area is 115 Å². The van der Waals surface area contributed by atoms with E-state index in [4.69, 9.17) is 4.74 Å². The van der Waals surface area contributed by atoms with E-state index in [2.05, 4.69) is 10.1 Å². The largest absolute Gasteiger partial charge is 0.465 e. The highest BCUT2D eigenvalue weighted by atomic mass is 19.2. The lowest BCUT2D eigenvalue weighted by Crippen LogP contribution is -2.31. The van der Waals surface area contributed by atoms with Crippen LogP contribution in [-0.2, 0) is 9.47 Å². The number of fused-ring (bicyclic) bond motifs is 2. The molecule has 4 nitrogen and oxygen atoms in total. The van der Waals surface area contributed by atoms with Gasteiger partial charge >= 0.3 is 5.97 Å². The molecule has 1 aromatic carbocycles. The first-order valence-electron chi connectivity index (χ1n) is 6.58. The Kier molecular flexibility index (Phi) is 3.33. The molecular formula is C14H15F2NO3. The van der Waals surface area contributed by atoms with Crippen LogP contribution in [0, 0.1) is 11.6 Å². The van der Waals surface area contributed by atoms with Crippen LogP contribution in [-0.4, -0.2) is 31.3 Å². The van der Waals surface area contributed by atoms with Crippen molar-refractivity contribution in [3.05, 3.63) is 29.3 Å². The summed E-state index contributed by atoms with van der Waals surface area (Å²) in [6, 6.07) is 2.57. The van der Waals surface area contributed by atoms with Crippen LogP contribution in [0.1, 0.15) is 29.6 Å². The van der Waals surface area contributed by atoms with Gasteiger partial charge in [-0.05, 0) is 31.4 Å². The van der Waals surface area contributed by atoms with E-state index < -0.39 is 23.2 Å². The average Bonchev–Trinajstić information content (AvgIpc) is 3.06. The minimum atomic E-state index is -1.19. The molecule has 1 N–H and O–H groups in total. The molecule has 2 bridgehead atoms. The van der Waals surface area contributed by atoms with Gasteiger partial charge in [-0.15, -0.1) is 0 Å². The molecule has 6 heteroatoms. The molecule has 1 aromatic rings. The van der Waals surface area contributed by atoms with Crippen LogP contribution in [0.25, 0.3) is 0 Å². The van der Waals surface area contributed by atoms with Crippen molar-refractivity contribution in [2.24, 2.45) is 0 Å². The predicted octanol–water partition coefficient (Wildman–Crippen LogP) is 2.48. The summed E-state index contributed by atoms with van der Waals surface area (Å²) in [6.07, 6.45) is 3.04. The number of hydrogen-bond donors (Lipinski definition) is 1. The van der Waals surface area contributed by atoms with Crippen molar-refractivity contribution in [1.82, 2.24) is 0 Å². The number of esters is 1. The summed E-state index contributed by atoms with van der Waals surface area (Å²) in [6.45, 7) is 0. The van der Waals surface area contributed by atoms with Gasteiger partial charge in [0.05, 0.1) is 36.6 Å². The van der Waals surface area contributed by atoms with Crippen molar-refractivity contribution in [2.45, 2.75) is 37.5 Å². The van der Waals surface area contributed by atoms with Gasteiger partial charge in [-0.2, -0.15) is 0 Å². The van der Waals surface area contributed by atoms with Crippen LogP contribution >= 0.6 is 0 Å². The Morgan fingerprint density at radius 2 is 2.15 bits per heavy atom. The van der Waals surface area contributed by atoms with Crippen LogP contribution in [0.15, 0.2) is 12.1 Å². The van der Waals surface area contributed by atoms with E-state index in [-0.39, 0.29) is 23.9 Å². The van der Waals surface area contributed by atoms with Gasteiger partial charge in [-0.1, -0.05) is 0 Å². The van der Waals surface area contributed by atoms with E-state index in [0.717, 1.165) is 26.4 Å². The van der Waals surface area contributed by atoms with Crippen LogP contribution in [0.5, 0.6) is 0 Å². The molecule has 20 heavy (non-hydrogen) atoms. The van der Waals surface area contributed by atoms with Crippen molar-refractivity contribution >= 4 is 11.7 Å². The van der Waals surface area contributed by atoms with Gasteiger partial charge in [0, 0.05) is 0 Å². The van der Waals surface area contributed by atoms with E-state index in [0.29, 0.717) is 0 Å². The maximum absolute atomic E-state index is 14.0. The number of carbonyl (C=O) groups is 1. The molecule has 2 saturated heterocycles. The number of carbonyl (C=O) groups excluding carboxylic acids is 1. The molecule has 3 atom stereocenters. The maximum atomic E-state index is 14.0. The molecule has 108 valence electrons. The maximum Gasteiger partial charge on any atom is 0.340 e. The summed E-state index contributed by atoms with van der Waals surface area (Å²) in [5.41, 5.74) is -0.351. The fourth-order valence-electron chi connectivity index (χ4n) is 2.92. The third kappa shape index (κ3) is 2.14. The van der Waals surface area contributed by atoms with Crippen molar-refractivity contribution in [3.63, 3.8) is 0 Å². The Morgan fingerprint density at radius 3 is 2.75 bits per heavy atom. The van der Waals surface area contributed by atoms with Crippen LogP contribution in [0.4, 0.5) is 14.5 Å². The Balaban J connectivity index is 1.81. The molecule has 0 amide bonds. The van der Waals surface area contributed by atoms with Gasteiger partial charge in [-0.25, -0.2) is 13.6 Å². The van der Waals surface area contributed by atoms with Crippen LogP contribution in [0.3, 0.4) is 0 Å². The Morgan fingerprint density at radius 1 is 1.35 bits per heavy atom. The highest BCUT2D eigenvalue weighted by Crippen LogP contribution is 2.36. The Bertz CT molecular complexity index is 549. The first kappa shape index (κ1) is 13.3. The van der Waals surface area contributed by atoms with Crippen LogP contribution < -0.4 is 5.32 Å². The van der Waals surface area contributed by atoms with Crippen molar-refractivity contribution in [2.75, 3.05) is 12.4 Å². The summed E-state index contributed by atoms with van der Waals surface area (Å²) in [7, 11) is 1.12. The highest BCUT2D eigenvalue weighted by Gasteiger charge is 2.41. The van der Waals surface area contributed by atoms with E-state index in [9.17, 15) is 13.6 Å². The third-order valence-electron chi connectivity index (χ3n) is 3.93. The monoisotopic (exact) mass is 283 g/mol. The summed E-state index contributed by atoms with van der Waals surface area (Å²) in [4.78, 5) is 11.3. The second-order valence-electron chi connectivity index (χ2n) is 5.14. The topological polar surface area (TPSA) is 47.6 Å². The van der Waals surface area contributed by atoms with Gasteiger partial charge in [0.25, 0.3) is 0 Å². The van der Waals surface area contributed by atoms with Crippen molar-refractivity contribution in [3.8, 4) is 0 Å². The first-order valence-corrected chi connectivity index (χ1v) is 6.58.